The largest absolute Gasteiger partial charge is 0.482 e. The molecule has 21 heavy (non-hydrogen) atoms. The molecule has 1 saturated heterocycles. The number of hydrogen-bond acceptors (Lipinski definition) is 4. The molecule has 0 bridgehead atoms. The lowest BCUT2D eigenvalue weighted by molar-refractivity contribution is -0.121. The molecule has 0 atom stereocenters. The van der Waals surface area contributed by atoms with E-state index in [-0.39, 0.29) is 12.5 Å². The highest BCUT2D eigenvalue weighted by molar-refractivity contribution is 5.97. The van der Waals surface area contributed by atoms with Gasteiger partial charge in [0.05, 0.1) is 5.69 Å². The van der Waals surface area contributed by atoms with Crippen LogP contribution in [-0.4, -0.2) is 49.6 Å². The fraction of sp³-hybridized carbons (Fsp3) is 0.562. The van der Waals surface area contributed by atoms with Crippen molar-refractivity contribution < 1.29 is 9.53 Å². The SMILES string of the molecule is Cc1ccc2c(c1)N(CCN1CCC(N)CC1)C(=O)CO2. The number of fused-ring (bicyclic) bond motifs is 1. The van der Waals surface area contributed by atoms with Crippen LogP contribution in [0, 0.1) is 6.92 Å². The van der Waals surface area contributed by atoms with Crippen LogP contribution in [-0.2, 0) is 4.79 Å². The zero-order valence-electron chi connectivity index (χ0n) is 12.5. The first kappa shape index (κ1) is 14.4. The first-order valence-electron chi connectivity index (χ1n) is 7.65. The van der Waals surface area contributed by atoms with Crippen molar-refractivity contribution in [2.45, 2.75) is 25.8 Å². The number of nitrogens with zero attached hydrogens (tertiary/aromatic N) is 2. The highest BCUT2D eigenvalue weighted by Gasteiger charge is 2.26. The Balaban J connectivity index is 1.67. The van der Waals surface area contributed by atoms with Crippen molar-refractivity contribution in [3.05, 3.63) is 23.8 Å². The predicted molar refractivity (Wildman–Crippen MR) is 82.7 cm³/mol. The molecule has 5 nitrogen and oxygen atoms in total. The van der Waals surface area contributed by atoms with E-state index in [2.05, 4.69) is 4.90 Å². The third kappa shape index (κ3) is 3.19. The summed E-state index contributed by atoms with van der Waals surface area (Å²) in [6.07, 6.45) is 2.10. The van der Waals surface area contributed by atoms with Crippen molar-refractivity contribution in [1.82, 2.24) is 4.90 Å². The first-order chi connectivity index (χ1) is 10.1. The number of hydrogen-bond donors (Lipinski definition) is 1. The summed E-state index contributed by atoms with van der Waals surface area (Å²) < 4.78 is 5.51. The molecular weight excluding hydrogens is 266 g/mol. The Morgan fingerprint density at radius 1 is 1.29 bits per heavy atom. The van der Waals surface area contributed by atoms with Crippen LogP contribution in [0.1, 0.15) is 18.4 Å². The van der Waals surface area contributed by atoms with Crippen LogP contribution in [0.5, 0.6) is 5.75 Å². The normalized spacial score (nSPS) is 20.3. The van der Waals surface area contributed by atoms with Gasteiger partial charge in [-0.05, 0) is 50.6 Å². The second kappa shape index (κ2) is 6.03. The number of nitrogens with two attached hydrogens (primary N) is 1. The fourth-order valence-electron chi connectivity index (χ4n) is 2.98. The lowest BCUT2D eigenvalue weighted by atomic mass is 10.1. The lowest BCUT2D eigenvalue weighted by Crippen LogP contribution is -2.46. The topological polar surface area (TPSA) is 58.8 Å². The molecule has 5 heteroatoms. The lowest BCUT2D eigenvalue weighted by Gasteiger charge is -2.34. The number of likely N-dealkylation sites (tertiary alicyclic amines) is 1. The Morgan fingerprint density at radius 3 is 2.81 bits per heavy atom. The minimum atomic E-state index is 0.0433. The van der Waals surface area contributed by atoms with Gasteiger partial charge >= 0.3 is 0 Å². The van der Waals surface area contributed by atoms with E-state index < -0.39 is 0 Å². The summed E-state index contributed by atoms with van der Waals surface area (Å²) in [4.78, 5) is 16.4. The van der Waals surface area contributed by atoms with Gasteiger partial charge in [0.2, 0.25) is 0 Å². The van der Waals surface area contributed by atoms with Crippen LogP contribution in [0.2, 0.25) is 0 Å². The molecule has 0 unspecified atom stereocenters. The zero-order valence-corrected chi connectivity index (χ0v) is 12.5. The van der Waals surface area contributed by atoms with E-state index in [0.717, 1.165) is 49.5 Å². The first-order valence-corrected chi connectivity index (χ1v) is 7.65. The van der Waals surface area contributed by atoms with E-state index in [4.69, 9.17) is 10.5 Å². The van der Waals surface area contributed by atoms with Crippen molar-refractivity contribution in [3.63, 3.8) is 0 Å². The molecule has 114 valence electrons. The third-order valence-electron chi connectivity index (χ3n) is 4.33. The van der Waals surface area contributed by atoms with Gasteiger partial charge in [0, 0.05) is 19.1 Å². The van der Waals surface area contributed by atoms with E-state index in [0.29, 0.717) is 12.6 Å². The molecule has 1 aromatic carbocycles. The van der Waals surface area contributed by atoms with Crippen molar-refractivity contribution in [1.29, 1.82) is 0 Å². The average molecular weight is 289 g/mol. The van der Waals surface area contributed by atoms with E-state index in [1.54, 1.807) is 0 Å². The van der Waals surface area contributed by atoms with Crippen LogP contribution < -0.4 is 15.4 Å². The molecule has 0 radical (unpaired) electrons. The van der Waals surface area contributed by atoms with E-state index >= 15 is 0 Å². The molecule has 2 heterocycles. The summed E-state index contributed by atoms with van der Waals surface area (Å²) in [5.41, 5.74) is 7.97. The Hall–Kier alpha value is -1.59. The fourth-order valence-corrected chi connectivity index (χ4v) is 2.98. The molecule has 2 aliphatic heterocycles. The smallest absolute Gasteiger partial charge is 0.265 e. The van der Waals surface area contributed by atoms with Gasteiger partial charge in [-0.3, -0.25) is 4.79 Å². The quantitative estimate of drug-likeness (QED) is 0.906. The van der Waals surface area contributed by atoms with Gasteiger partial charge < -0.3 is 20.3 Å². The minimum Gasteiger partial charge on any atom is -0.482 e. The van der Waals surface area contributed by atoms with Gasteiger partial charge in [-0.25, -0.2) is 0 Å². The van der Waals surface area contributed by atoms with Gasteiger partial charge in [-0.1, -0.05) is 6.07 Å². The maximum Gasteiger partial charge on any atom is 0.265 e. The highest BCUT2D eigenvalue weighted by Crippen LogP contribution is 2.32. The van der Waals surface area contributed by atoms with Crippen LogP contribution in [0.4, 0.5) is 5.69 Å². The molecule has 1 amide bonds. The minimum absolute atomic E-state index is 0.0433. The number of benzene rings is 1. The number of piperidine rings is 1. The van der Waals surface area contributed by atoms with Crippen LogP contribution >= 0.6 is 0 Å². The van der Waals surface area contributed by atoms with Gasteiger partial charge in [-0.15, -0.1) is 0 Å². The molecule has 1 fully saturated rings. The number of amides is 1. The second-order valence-corrected chi connectivity index (χ2v) is 5.98. The summed E-state index contributed by atoms with van der Waals surface area (Å²) in [7, 11) is 0. The average Bonchev–Trinajstić information content (AvgIpc) is 2.48. The molecular formula is C16H23N3O2. The number of carbonyl (C=O) groups excluding carboxylic acids is 1. The van der Waals surface area contributed by atoms with Gasteiger partial charge in [0.15, 0.2) is 6.61 Å². The zero-order chi connectivity index (χ0) is 14.8. The predicted octanol–water partition coefficient (Wildman–Crippen LogP) is 1.14. The van der Waals surface area contributed by atoms with Gasteiger partial charge in [0.25, 0.3) is 5.91 Å². The van der Waals surface area contributed by atoms with E-state index in [9.17, 15) is 4.79 Å². The second-order valence-electron chi connectivity index (χ2n) is 5.98. The van der Waals surface area contributed by atoms with Crippen molar-refractivity contribution in [2.24, 2.45) is 5.73 Å². The Labute approximate surface area is 125 Å². The molecule has 3 rings (SSSR count). The Morgan fingerprint density at radius 2 is 2.05 bits per heavy atom. The molecule has 0 aliphatic carbocycles. The molecule has 2 aliphatic rings. The third-order valence-corrected chi connectivity index (χ3v) is 4.33. The van der Waals surface area contributed by atoms with Crippen LogP contribution in [0.25, 0.3) is 0 Å². The molecule has 2 N–H and O–H groups in total. The Kier molecular flexibility index (Phi) is 4.12. The van der Waals surface area contributed by atoms with Gasteiger partial charge in [0.1, 0.15) is 5.75 Å². The number of aryl methyl sites for hydroxylation is 1. The number of rotatable bonds is 3. The molecule has 0 spiro atoms. The number of anilines is 1. The van der Waals surface area contributed by atoms with Crippen molar-refractivity contribution in [2.75, 3.05) is 37.7 Å². The van der Waals surface area contributed by atoms with Crippen molar-refractivity contribution in [3.8, 4) is 5.75 Å². The maximum absolute atomic E-state index is 12.2. The summed E-state index contributed by atoms with van der Waals surface area (Å²) in [5.74, 6) is 0.850. The molecule has 0 aromatic heterocycles. The number of ether oxygens (including phenoxy) is 1. The summed E-state index contributed by atoms with van der Waals surface area (Å²) >= 11 is 0. The van der Waals surface area contributed by atoms with Crippen LogP contribution in [0.3, 0.4) is 0 Å². The maximum atomic E-state index is 12.2. The summed E-state index contributed by atoms with van der Waals surface area (Å²) in [5, 5.41) is 0. The summed E-state index contributed by atoms with van der Waals surface area (Å²) in [6, 6.07) is 6.33. The molecule has 0 saturated carbocycles. The monoisotopic (exact) mass is 289 g/mol. The molecule has 1 aromatic rings. The number of carbonyl (C=O) groups is 1. The van der Waals surface area contributed by atoms with E-state index in [1.165, 1.54) is 0 Å². The van der Waals surface area contributed by atoms with Crippen LogP contribution in [0.15, 0.2) is 18.2 Å². The summed E-state index contributed by atoms with van der Waals surface area (Å²) in [6.45, 7) is 5.84. The highest BCUT2D eigenvalue weighted by atomic mass is 16.5. The van der Waals surface area contributed by atoms with E-state index in [1.807, 2.05) is 30.0 Å². The standard InChI is InChI=1S/C16H23N3O2/c1-12-2-3-15-14(10-12)19(16(20)11-21-15)9-8-18-6-4-13(17)5-7-18/h2-3,10,13H,4-9,11,17H2,1H3. The Bertz CT molecular complexity index is 524. The van der Waals surface area contributed by atoms with Crippen molar-refractivity contribution >= 4 is 11.6 Å². The van der Waals surface area contributed by atoms with Gasteiger partial charge in [-0.2, -0.15) is 0 Å².